The van der Waals surface area contributed by atoms with E-state index >= 15 is 0 Å². The summed E-state index contributed by atoms with van der Waals surface area (Å²) in [6.45, 7) is 0. The Bertz CT molecular complexity index is 825. The zero-order valence-corrected chi connectivity index (χ0v) is 15.4. The molecule has 2 aliphatic heterocycles. The Labute approximate surface area is 161 Å². The van der Waals surface area contributed by atoms with E-state index in [4.69, 9.17) is 9.47 Å². The SMILES string of the molecule is O=C1OC(=O)C2C3CCC(C12)C1C2CC(C31)C1C3CC(C4C(=O)OC(=O)C34)C21. The molecular formula is C22H22O6. The van der Waals surface area contributed by atoms with Crippen LogP contribution in [0.3, 0.4) is 0 Å². The quantitative estimate of drug-likeness (QED) is 0.358. The van der Waals surface area contributed by atoms with Crippen molar-refractivity contribution in [3.8, 4) is 0 Å². The van der Waals surface area contributed by atoms with Crippen LogP contribution in [0.4, 0.5) is 0 Å². The van der Waals surface area contributed by atoms with E-state index in [2.05, 4.69) is 0 Å². The molecule has 2 heterocycles. The minimum absolute atomic E-state index is 0.205. The Kier molecular flexibility index (Phi) is 2.38. The second kappa shape index (κ2) is 4.39. The van der Waals surface area contributed by atoms with Crippen LogP contribution in [-0.4, -0.2) is 23.9 Å². The highest BCUT2D eigenvalue weighted by atomic mass is 16.6. The van der Waals surface area contributed by atoms with E-state index in [0.29, 0.717) is 47.3 Å². The summed E-state index contributed by atoms with van der Waals surface area (Å²) < 4.78 is 10.1. The van der Waals surface area contributed by atoms with Crippen LogP contribution in [0.1, 0.15) is 25.7 Å². The molecule has 0 aromatic heterocycles. The van der Waals surface area contributed by atoms with E-state index in [1.54, 1.807) is 0 Å². The lowest BCUT2D eigenvalue weighted by Crippen LogP contribution is -2.57. The van der Waals surface area contributed by atoms with Gasteiger partial charge in [-0.25, -0.2) is 0 Å². The third-order valence-electron chi connectivity index (χ3n) is 10.9. The van der Waals surface area contributed by atoms with Gasteiger partial charge >= 0.3 is 23.9 Å². The molecule has 14 atom stereocenters. The first-order valence-corrected chi connectivity index (χ1v) is 11.1. The molecule has 0 spiro atoms. The summed E-state index contributed by atoms with van der Waals surface area (Å²) in [7, 11) is 0. The number of hydrogen-bond acceptors (Lipinski definition) is 6. The number of hydrogen-bond donors (Lipinski definition) is 0. The highest BCUT2D eigenvalue weighted by Crippen LogP contribution is 2.78. The fourth-order valence-corrected chi connectivity index (χ4v) is 10.8. The Morgan fingerprint density at radius 3 is 1.21 bits per heavy atom. The summed E-state index contributed by atoms with van der Waals surface area (Å²) in [5.41, 5.74) is 0. The summed E-state index contributed by atoms with van der Waals surface area (Å²) >= 11 is 0. The van der Waals surface area contributed by atoms with Gasteiger partial charge in [0.2, 0.25) is 0 Å². The van der Waals surface area contributed by atoms with E-state index < -0.39 is 0 Å². The molecule has 0 N–H and O–H groups in total. The van der Waals surface area contributed by atoms with Crippen molar-refractivity contribution in [2.24, 2.45) is 82.9 Å². The molecule has 0 radical (unpaired) electrons. The lowest BCUT2D eigenvalue weighted by atomic mass is 9.44. The predicted molar refractivity (Wildman–Crippen MR) is 89.5 cm³/mol. The molecule has 6 bridgehead atoms. The van der Waals surface area contributed by atoms with E-state index in [9.17, 15) is 19.2 Å². The number of rotatable bonds is 0. The molecule has 9 fully saturated rings. The Balaban J connectivity index is 1.23. The molecule has 7 aliphatic carbocycles. The maximum Gasteiger partial charge on any atom is 0.317 e. The second-order valence-electron chi connectivity index (χ2n) is 10.9. The monoisotopic (exact) mass is 382 g/mol. The molecular weight excluding hydrogens is 360 g/mol. The molecule has 6 nitrogen and oxygen atoms in total. The number of fused-ring (bicyclic) bond motifs is 13. The van der Waals surface area contributed by atoms with Crippen molar-refractivity contribution in [3.63, 3.8) is 0 Å². The first-order chi connectivity index (χ1) is 13.6. The number of cyclic esters (lactones) is 4. The van der Waals surface area contributed by atoms with Gasteiger partial charge in [0, 0.05) is 0 Å². The number of ether oxygens (including phenoxy) is 2. The van der Waals surface area contributed by atoms with Gasteiger partial charge in [-0.3, -0.25) is 19.2 Å². The van der Waals surface area contributed by atoms with Crippen molar-refractivity contribution in [3.05, 3.63) is 0 Å². The summed E-state index contributed by atoms with van der Waals surface area (Å²) in [5.74, 6) is 2.35. The van der Waals surface area contributed by atoms with Crippen molar-refractivity contribution in [2.75, 3.05) is 0 Å². The van der Waals surface area contributed by atoms with Crippen molar-refractivity contribution in [1.82, 2.24) is 0 Å². The van der Waals surface area contributed by atoms with Crippen LogP contribution in [0, 0.1) is 82.9 Å². The van der Waals surface area contributed by atoms with Crippen LogP contribution in [-0.2, 0) is 28.7 Å². The van der Waals surface area contributed by atoms with Gasteiger partial charge < -0.3 is 9.47 Å². The molecule has 0 amide bonds. The van der Waals surface area contributed by atoms with E-state index in [1.165, 1.54) is 6.42 Å². The summed E-state index contributed by atoms with van der Waals surface area (Å²) in [6.07, 6.45) is 4.25. The number of carbonyl (C=O) groups excluding carboxylic acids is 4. The van der Waals surface area contributed by atoms with Crippen molar-refractivity contribution < 1.29 is 28.7 Å². The highest BCUT2D eigenvalue weighted by molar-refractivity contribution is 5.98. The second-order valence-corrected chi connectivity index (χ2v) is 10.9. The number of esters is 4. The van der Waals surface area contributed by atoms with Gasteiger partial charge in [0.25, 0.3) is 0 Å². The van der Waals surface area contributed by atoms with Gasteiger partial charge in [0.1, 0.15) is 0 Å². The minimum atomic E-state index is -0.282. The molecule has 9 aliphatic rings. The first kappa shape index (κ1) is 15.2. The van der Waals surface area contributed by atoms with Gasteiger partial charge in [0.05, 0.1) is 23.7 Å². The predicted octanol–water partition coefficient (Wildman–Crippen LogP) is 1.42. The average Bonchev–Trinajstić information content (AvgIpc) is 3.47. The molecule has 28 heavy (non-hydrogen) atoms. The van der Waals surface area contributed by atoms with Crippen molar-refractivity contribution >= 4 is 23.9 Å². The lowest BCUT2D eigenvalue weighted by molar-refractivity contribution is -0.156. The molecule has 0 aromatic rings. The van der Waals surface area contributed by atoms with Crippen molar-refractivity contribution in [1.29, 1.82) is 0 Å². The van der Waals surface area contributed by atoms with E-state index in [1.807, 2.05) is 0 Å². The number of carbonyl (C=O) groups is 4. The van der Waals surface area contributed by atoms with Gasteiger partial charge in [-0.05, 0) is 84.9 Å². The maximum atomic E-state index is 12.4. The zero-order chi connectivity index (χ0) is 18.6. The third kappa shape index (κ3) is 1.34. The topological polar surface area (TPSA) is 86.7 Å². The van der Waals surface area contributed by atoms with Crippen molar-refractivity contribution in [2.45, 2.75) is 25.7 Å². The van der Waals surface area contributed by atoms with Crippen LogP contribution in [0.5, 0.6) is 0 Å². The molecule has 6 heteroatoms. The van der Waals surface area contributed by atoms with Crippen LogP contribution in [0.2, 0.25) is 0 Å². The summed E-state index contributed by atoms with van der Waals surface area (Å²) in [5, 5.41) is 0. The standard InChI is InChI=1S/C22H22O6/c23-19-15-5-1-2-6(16(15)20(24)27-19)12-8-3-7(11(5)12)13-9-4-10(14(8)13)18-17(9)21(25)28-22(18)26/h5-18H,1-4H2. The fraction of sp³-hybridized carbons (Fsp3) is 0.818. The maximum absolute atomic E-state index is 12.4. The average molecular weight is 382 g/mol. The molecule has 2 saturated heterocycles. The lowest BCUT2D eigenvalue weighted by Gasteiger charge is -2.58. The molecule has 0 aromatic carbocycles. The van der Waals surface area contributed by atoms with Crippen LogP contribution in [0.25, 0.3) is 0 Å². The minimum Gasteiger partial charge on any atom is -0.393 e. The normalized spacial score (nSPS) is 64.0. The Morgan fingerprint density at radius 1 is 0.464 bits per heavy atom. The van der Waals surface area contributed by atoms with E-state index in [-0.39, 0.29) is 59.4 Å². The van der Waals surface area contributed by atoms with Crippen LogP contribution >= 0.6 is 0 Å². The molecule has 9 rings (SSSR count). The molecule has 146 valence electrons. The fourth-order valence-electron chi connectivity index (χ4n) is 10.8. The largest absolute Gasteiger partial charge is 0.393 e. The third-order valence-corrected chi connectivity index (χ3v) is 10.9. The summed E-state index contributed by atoms with van der Waals surface area (Å²) in [6, 6.07) is 0. The molecule has 7 saturated carbocycles. The molecule has 14 unspecified atom stereocenters. The zero-order valence-electron chi connectivity index (χ0n) is 15.4. The first-order valence-electron chi connectivity index (χ1n) is 11.1. The van der Waals surface area contributed by atoms with Gasteiger partial charge in [-0.1, -0.05) is 0 Å². The Morgan fingerprint density at radius 2 is 0.786 bits per heavy atom. The van der Waals surface area contributed by atoms with Crippen LogP contribution in [0.15, 0.2) is 0 Å². The van der Waals surface area contributed by atoms with E-state index in [0.717, 1.165) is 19.3 Å². The van der Waals surface area contributed by atoms with Crippen LogP contribution < -0.4 is 0 Å². The Hall–Kier alpha value is -1.72. The summed E-state index contributed by atoms with van der Waals surface area (Å²) in [4.78, 5) is 49.6. The highest BCUT2D eigenvalue weighted by Gasteiger charge is 2.78. The van der Waals surface area contributed by atoms with Gasteiger partial charge in [-0.2, -0.15) is 0 Å². The van der Waals surface area contributed by atoms with Gasteiger partial charge in [0.15, 0.2) is 0 Å². The van der Waals surface area contributed by atoms with Gasteiger partial charge in [-0.15, -0.1) is 0 Å². The smallest absolute Gasteiger partial charge is 0.317 e.